The average molecular weight is 252 g/mol. The van der Waals surface area contributed by atoms with Gasteiger partial charge in [-0.15, -0.1) is 0 Å². The molecule has 1 atom stereocenters. The maximum atomic E-state index is 11.6. The van der Waals surface area contributed by atoms with Crippen LogP contribution in [0.1, 0.15) is 38.0 Å². The van der Waals surface area contributed by atoms with Crippen LogP contribution in [0.4, 0.5) is 0 Å². The van der Waals surface area contributed by atoms with Crippen molar-refractivity contribution in [1.29, 1.82) is 0 Å². The number of carbonyl (C=O) groups is 1. The van der Waals surface area contributed by atoms with Crippen molar-refractivity contribution in [3.05, 3.63) is 29.3 Å². The molecule has 100 valence electrons. The van der Waals surface area contributed by atoms with Gasteiger partial charge in [0, 0.05) is 5.56 Å². The summed E-state index contributed by atoms with van der Waals surface area (Å²) in [6.45, 7) is 7.55. The number of hydrogen-bond acceptors (Lipinski definition) is 4. The van der Waals surface area contributed by atoms with Crippen LogP contribution >= 0.6 is 0 Å². The number of benzene rings is 1. The van der Waals surface area contributed by atoms with Gasteiger partial charge in [-0.1, -0.05) is 12.1 Å². The molecule has 0 saturated carbocycles. The zero-order valence-electron chi connectivity index (χ0n) is 11.3. The van der Waals surface area contributed by atoms with Gasteiger partial charge < -0.3 is 14.6 Å². The van der Waals surface area contributed by atoms with Crippen LogP contribution in [0.2, 0.25) is 0 Å². The van der Waals surface area contributed by atoms with E-state index in [4.69, 9.17) is 9.47 Å². The Morgan fingerprint density at radius 3 is 2.61 bits per heavy atom. The summed E-state index contributed by atoms with van der Waals surface area (Å²) in [5, 5.41) is 10.0. The van der Waals surface area contributed by atoms with Crippen molar-refractivity contribution in [3.63, 3.8) is 0 Å². The smallest absolute Gasteiger partial charge is 0.339 e. The van der Waals surface area contributed by atoms with Gasteiger partial charge in [0.25, 0.3) is 0 Å². The van der Waals surface area contributed by atoms with Crippen LogP contribution < -0.4 is 4.74 Å². The molecular formula is C14H20O4. The zero-order valence-corrected chi connectivity index (χ0v) is 11.3. The second kappa shape index (κ2) is 6.40. The summed E-state index contributed by atoms with van der Waals surface area (Å²) in [6.07, 6.45) is -1.33. The van der Waals surface area contributed by atoms with Crippen molar-refractivity contribution in [1.82, 2.24) is 0 Å². The van der Waals surface area contributed by atoms with Gasteiger partial charge in [0.05, 0.1) is 12.7 Å². The van der Waals surface area contributed by atoms with Crippen LogP contribution in [0.25, 0.3) is 0 Å². The van der Waals surface area contributed by atoms with Gasteiger partial charge in [-0.05, 0) is 39.3 Å². The van der Waals surface area contributed by atoms with Gasteiger partial charge in [0.2, 0.25) is 0 Å². The molecular weight excluding hydrogens is 232 g/mol. The van der Waals surface area contributed by atoms with E-state index in [0.29, 0.717) is 11.3 Å². The summed E-state index contributed by atoms with van der Waals surface area (Å²) in [7, 11) is 0. The van der Waals surface area contributed by atoms with Gasteiger partial charge in [-0.25, -0.2) is 4.79 Å². The highest BCUT2D eigenvalue weighted by Gasteiger charge is 2.24. The lowest BCUT2D eigenvalue weighted by molar-refractivity contribution is -0.153. The topological polar surface area (TPSA) is 55.8 Å². The SMILES string of the molecule is CCOC(=O)C(O)c1c(C)cccc1OC(C)C. The average Bonchev–Trinajstić information content (AvgIpc) is 2.28. The summed E-state index contributed by atoms with van der Waals surface area (Å²) < 4.78 is 10.4. The summed E-state index contributed by atoms with van der Waals surface area (Å²) >= 11 is 0. The fourth-order valence-electron chi connectivity index (χ4n) is 1.70. The minimum Gasteiger partial charge on any atom is -0.491 e. The summed E-state index contributed by atoms with van der Waals surface area (Å²) in [4.78, 5) is 11.6. The fraction of sp³-hybridized carbons (Fsp3) is 0.500. The molecule has 0 amide bonds. The standard InChI is InChI=1S/C14H20O4/c1-5-17-14(16)13(15)12-10(4)7-6-8-11(12)18-9(2)3/h6-9,13,15H,5H2,1-4H3. The lowest BCUT2D eigenvalue weighted by Crippen LogP contribution is -2.18. The Morgan fingerprint density at radius 1 is 1.39 bits per heavy atom. The first-order chi connectivity index (χ1) is 8.47. The molecule has 1 aromatic rings. The van der Waals surface area contributed by atoms with E-state index >= 15 is 0 Å². The third-order valence-corrected chi connectivity index (χ3v) is 2.43. The highest BCUT2D eigenvalue weighted by atomic mass is 16.5. The number of rotatable bonds is 5. The first-order valence-corrected chi connectivity index (χ1v) is 6.08. The predicted octanol–water partition coefficient (Wildman–Crippen LogP) is 2.38. The minimum absolute atomic E-state index is 0.0278. The van der Waals surface area contributed by atoms with E-state index in [1.165, 1.54) is 0 Å². The Balaban J connectivity index is 3.08. The Hall–Kier alpha value is -1.55. The van der Waals surface area contributed by atoms with Crippen LogP contribution in [0, 0.1) is 6.92 Å². The highest BCUT2D eigenvalue weighted by Crippen LogP contribution is 2.30. The molecule has 0 aliphatic carbocycles. The van der Waals surface area contributed by atoms with Crippen molar-refractivity contribution in [2.75, 3.05) is 6.61 Å². The number of carbonyl (C=O) groups excluding carboxylic acids is 1. The molecule has 4 heteroatoms. The normalized spacial score (nSPS) is 12.3. The molecule has 1 rings (SSSR count). The van der Waals surface area contributed by atoms with Crippen LogP contribution in [0.3, 0.4) is 0 Å². The van der Waals surface area contributed by atoms with Crippen LogP contribution in [-0.2, 0) is 9.53 Å². The lowest BCUT2D eigenvalue weighted by atomic mass is 10.0. The highest BCUT2D eigenvalue weighted by molar-refractivity contribution is 5.77. The molecule has 0 bridgehead atoms. The molecule has 18 heavy (non-hydrogen) atoms. The van der Waals surface area contributed by atoms with E-state index in [-0.39, 0.29) is 12.7 Å². The third kappa shape index (κ3) is 3.47. The Kier molecular flexibility index (Phi) is 5.16. The van der Waals surface area contributed by atoms with Crippen molar-refractivity contribution < 1.29 is 19.4 Å². The molecule has 1 aromatic carbocycles. The van der Waals surface area contributed by atoms with Crippen LogP contribution in [0.15, 0.2) is 18.2 Å². The zero-order chi connectivity index (χ0) is 13.7. The van der Waals surface area contributed by atoms with Crippen LogP contribution in [-0.4, -0.2) is 23.8 Å². The second-order valence-electron chi connectivity index (χ2n) is 4.31. The van der Waals surface area contributed by atoms with Gasteiger partial charge in [-0.2, -0.15) is 0 Å². The number of aliphatic hydroxyl groups is 1. The van der Waals surface area contributed by atoms with Crippen LogP contribution in [0.5, 0.6) is 5.75 Å². The van der Waals surface area contributed by atoms with Gasteiger partial charge in [-0.3, -0.25) is 0 Å². The number of ether oxygens (including phenoxy) is 2. The fourth-order valence-corrected chi connectivity index (χ4v) is 1.70. The molecule has 1 N–H and O–H groups in total. The quantitative estimate of drug-likeness (QED) is 0.817. The van der Waals surface area contributed by atoms with E-state index in [1.54, 1.807) is 13.0 Å². The summed E-state index contributed by atoms with van der Waals surface area (Å²) in [6, 6.07) is 5.39. The number of aryl methyl sites for hydroxylation is 1. The van der Waals surface area contributed by atoms with Crippen molar-refractivity contribution in [2.45, 2.75) is 39.9 Å². The molecule has 4 nitrogen and oxygen atoms in total. The van der Waals surface area contributed by atoms with Crippen molar-refractivity contribution >= 4 is 5.97 Å². The Labute approximate surface area is 108 Å². The monoisotopic (exact) mass is 252 g/mol. The first kappa shape index (κ1) is 14.5. The number of aliphatic hydroxyl groups excluding tert-OH is 1. The van der Waals surface area contributed by atoms with Gasteiger partial charge >= 0.3 is 5.97 Å². The molecule has 0 aliphatic heterocycles. The minimum atomic E-state index is -1.31. The maximum absolute atomic E-state index is 11.6. The summed E-state index contributed by atoms with van der Waals surface area (Å²) in [5.74, 6) is -0.133. The molecule has 0 saturated heterocycles. The van der Waals surface area contributed by atoms with E-state index in [9.17, 15) is 9.90 Å². The van der Waals surface area contributed by atoms with Gasteiger partial charge in [0.15, 0.2) is 6.10 Å². The van der Waals surface area contributed by atoms with Crippen molar-refractivity contribution in [2.24, 2.45) is 0 Å². The molecule has 0 heterocycles. The number of hydrogen-bond donors (Lipinski definition) is 1. The predicted molar refractivity (Wildman–Crippen MR) is 68.5 cm³/mol. The molecule has 0 aliphatic rings. The molecule has 1 unspecified atom stereocenters. The maximum Gasteiger partial charge on any atom is 0.339 e. The van der Waals surface area contributed by atoms with E-state index in [2.05, 4.69) is 0 Å². The molecule has 0 radical (unpaired) electrons. The largest absolute Gasteiger partial charge is 0.491 e. The van der Waals surface area contributed by atoms with E-state index in [0.717, 1.165) is 5.56 Å². The van der Waals surface area contributed by atoms with Crippen molar-refractivity contribution in [3.8, 4) is 5.75 Å². The Morgan fingerprint density at radius 2 is 2.06 bits per heavy atom. The number of esters is 1. The molecule has 0 fully saturated rings. The molecule has 0 spiro atoms. The Bertz CT molecular complexity index is 412. The van der Waals surface area contributed by atoms with Gasteiger partial charge in [0.1, 0.15) is 5.75 Å². The lowest BCUT2D eigenvalue weighted by Gasteiger charge is -2.19. The second-order valence-corrected chi connectivity index (χ2v) is 4.31. The summed E-state index contributed by atoms with van der Waals surface area (Å²) in [5.41, 5.74) is 1.28. The van der Waals surface area contributed by atoms with E-state index in [1.807, 2.05) is 32.9 Å². The first-order valence-electron chi connectivity index (χ1n) is 6.08. The van der Waals surface area contributed by atoms with E-state index < -0.39 is 12.1 Å². The molecule has 0 aromatic heterocycles. The third-order valence-electron chi connectivity index (χ3n) is 2.43.